The number of benzene rings is 2. The smallest absolute Gasteiger partial charge is 0.254 e. The number of anilines is 1. The highest BCUT2D eigenvalue weighted by molar-refractivity contribution is 9.10. The number of para-hydroxylation sites is 1. The lowest BCUT2D eigenvalue weighted by atomic mass is 10.0. The first-order chi connectivity index (χ1) is 13.9. The van der Waals surface area contributed by atoms with Crippen LogP contribution in [0, 0.1) is 6.92 Å². The zero-order valence-electron chi connectivity index (χ0n) is 16.4. The molecule has 0 unspecified atom stereocenters. The minimum absolute atomic E-state index is 0.0241. The van der Waals surface area contributed by atoms with Gasteiger partial charge in [0.15, 0.2) is 0 Å². The number of likely N-dealkylation sites (N-methyl/N-ethyl adjacent to an activating group) is 1. The maximum atomic E-state index is 13.2. The molecule has 1 heterocycles. The van der Waals surface area contributed by atoms with Crippen molar-refractivity contribution in [1.82, 2.24) is 9.88 Å². The highest BCUT2D eigenvalue weighted by Gasteiger charge is 2.27. The maximum Gasteiger partial charge on any atom is 0.254 e. The normalized spacial score (nSPS) is 13.3. The second kappa shape index (κ2) is 7.95. The minimum Gasteiger partial charge on any atom is -0.332 e. The molecule has 2 amide bonds. The third-order valence-electron chi connectivity index (χ3n) is 5.15. The van der Waals surface area contributed by atoms with Crippen LogP contribution in [0.3, 0.4) is 0 Å². The van der Waals surface area contributed by atoms with Gasteiger partial charge in [0, 0.05) is 34.2 Å². The number of hydrogen-bond donors (Lipinski definition) is 1. The molecule has 1 saturated carbocycles. The van der Waals surface area contributed by atoms with E-state index >= 15 is 0 Å². The number of halogens is 1. The number of fused-ring (bicyclic) bond motifs is 1. The topological polar surface area (TPSA) is 62.3 Å². The molecule has 1 aromatic heterocycles. The lowest BCUT2D eigenvalue weighted by molar-refractivity contribution is -0.116. The quantitative estimate of drug-likeness (QED) is 0.600. The monoisotopic (exact) mass is 451 g/mol. The Labute approximate surface area is 178 Å². The molecule has 29 heavy (non-hydrogen) atoms. The Hall–Kier alpha value is -2.73. The van der Waals surface area contributed by atoms with Gasteiger partial charge in [0.05, 0.1) is 17.6 Å². The average Bonchev–Trinajstić information content (AvgIpc) is 3.54. The van der Waals surface area contributed by atoms with E-state index in [1.165, 1.54) is 4.90 Å². The van der Waals surface area contributed by atoms with E-state index in [0.717, 1.165) is 45.2 Å². The van der Waals surface area contributed by atoms with Crippen LogP contribution in [0.25, 0.3) is 10.9 Å². The lowest BCUT2D eigenvalue weighted by Gasteiger charge is -2.19. The van der Waals surface area contributed by atoms with Crippen LogP contribution in [0.2, 0.25) is 0 Å². The molecule has 148 valence electrons. The number of amides is 2. The highest BCUT2D eigenvalue weighted by Crippen LogP contribution is 2.40. The van der Waals surface area contributed by atoms with Gasteiger partial charge in [-0.1, -0.05) is 34.1 Å². The Morgan fingerprint density at radius 3 is 2.66 bits per heavy atom. The number of nitrogens with zero attached hydrogens (tertiary/aromatic N) is 2. The summed E-state index contributed by atoms with van der Waals surface area (Å²) in [5, 5.41) is 3.70. The van der Waals surface area contributed by atoms with Crippen LogP contribution in [0.5, 0.6) is 0 Å². The number of aryl methyl sites for hydroxylation is 1. The van der Waals surface area contributed by atoms with Gasteiger partial charge < -0.3 is 10.2 Å². The summed E-state index contributed by atoms with van der Waals surface area (Å²) >= 11 is 3.42. The van der Waals surface area contributed by atoms with E-state index in [1.54, 1.807) is 7.05 Å². The number of carbonyl (C=O) groups excluding carboxylic acids is 2. The van der Waals surface area contributed by atoms with Crippen molar-refractivity contribution in [3.05, 3.63) is 69.8 Å². The average molecular weight is 452 g/mol. The highest BCUT2D eigenvalue weighted by atomic mass is 79.9. The molecule has 1 aliphatic rings. The molecule has 1 aliphatic carbocycles. The summed E-state index contributed by atoms with van der Waals surface area (Å²) in [4.78, 5) is 31.9. The van der Waals surface area contributed by atoms with Gasteiger partial charge in [-0.25, -0.2) is 0 Å². The van der Waals surface area contributed by atoms with Crippen molar-refractivity contribution < 1.29 is 9.59 Å². The Balaban J connectivity index is 1.54. The lowest BCUT2D eigenvalue weighted by Crippen LogP contribution is -2.35. The van der Waals surface area contributed by atoms with E-state index in [-0.39, 0.29) is 18.4 Å². The van der Waals surface area contributed by atoms with Gasteiger partial charge in [-0.15, -0.1) is 0 Å². The first kappa shape index (κ1) is 19.6. The maximum absolute atomic E-state index is 13.2. The SMILES string of the molecule is Cc1cc(Br)ccc1NC(=O)CN(C)C(=O)c1cc(C2CC2)nc2ccccc12. The van der Waals surface area contributed by atoms with Crippen LogP contribution in [0.1, 0.15) is 40.4 Å². The van der Waals surface area contributed by atoms with E-state index < -0.39 is 0 Å². The number of nitrogens with one attached hydrogen (secondary N) is 1. The van der Waals surface area contributed by atoms with Crippen molar-refractivity contribution in [3.63, 3.8) is 0 Å². The second-order valence-corrected chi connectivity index (χ2v) is 8.47. The molecule has 5 nitrogen and oxygen atoms in total. The molecule has 0 radical (unpaired) electrons. The van der Waals surface area contributed by atoms with Crippen molar-refractivity contribution in [3.8, 4) is 0 Å². The second-order valence-electron chi connectivity index (χ2n) is 7.55. The van der Waals surface area contributed by atoms with Gasteiger partial charge in [0.1, 0.15) is 0 Å². The third kappa shape index (κ3) is 4.32. The predicted octanol–water partition coefficient (Wildman–Crippen LogP) is 4.89. The van der Waals surface area contributed by atoms with E-state index in [2.05, 4.69) is 21.2 Å². The summed E-state index contributed by atoms with van der Waals surface area (Å²) in [7, 11) is 1.66. The molecular formula is C23H22BrN3O2. The molecule has 0 atom stereocenters. The van der Waals surface area contributed by atoms with Crippen LogP contribution in [0.15, 0.2) is 53.0 Å². The first-order valence-corrected chi connectivity index (χ1v) is 10.4. The fourth-order valence-electron chi connectivity index (χ4n) is 3.41. The van der Waals surface area contributed by atoms with Crippen LogP contribution in [-0.2, 0) is 4.79 Å². The summed E-state index contributed by atoms with van der Waals surface area (Å²) in [6.45, 7) is 1.90. The third-order valence-corrected chi connectivity index (χ3v) is 5.65. The van der Waals surface area contributed by atoms with Crippen molar-refractivity contribution in [2.24, 2.45) is 0 Å². The fourth-order valence-corrected chi connectivity index (χ4v) is 3.89. The molecule has 4 rings (SSSR count). The van der Waals surface area contributed by atoms with E-state index in [0.29, 0.717) is 11.5 Å². The van der Waals surface area contributed by atoms with Gasteiger partial charge in [-0.05, 0) is 55.7 Å². The van der Waals surface area contributed by atoms with Crippen LogP contribution >= 0.6 is 15.9 Å². The largest absolute Gasteiger partial charge is 0.332 e. The molecule has 0 saturated heterocycles. The Kier molecular flexibility index (Phi) is 5.37. The van der Waals surface area contributed by atoms with E-state index in [4.69, 9.17) is 4.98 Å². The fraction of sp³-hybridized carbons (Fsp3) is 0.261. The van der Waals surface area contributed by atoms with Crippen LogP contribution < -0.4 is 5.32 Å². The van der Waals surface area contributed by atoms with E-state index in [1.807, 2.05) is 55.5 Å². The van der Waals surface area contributed by atoms with Crippen molar-refractivity contribution in [2.75, 3.05) is 18.9 Å². The van der Waals surface area contributed by atoms with Gasteiger partial charge in [-0.2, -0.15) is 0 Å². The number of pyridine rings is 1. The number of rotatable bonds is 5. The Bertz CT molecular complexity index is 1110. The van der Waals surface area contributed by atoms with E-state index in [9.17, 15) is 9.59 Å². The molecular weight excluding hydrogens is 430 g/mol. The van der Waals surface area contributed by atoms with Gasteiger partial charge in [0.25, 0.3) is 5.91 Å². The van der Waals surface area contributed by atoms with Crippen LogP contribution in [-0.4, -0.2) is 35.3 Å². The van der Waals surface area contributed by atoms with Crippen molar-refractivity contribution in [2.45, 2.75) is 25.7 Å². The summed E-state index contributed by atoms with van der Waals surface area (Å²) in [6.07, 6.45) is 2.23. The van der Waals surface area contributed by atoms with Gasteiger partial charge in [0.2, 0.25) is 5.91 Å². The van der Waals surface area contributed by atoms with Gasteiger partial charge in [-0.3, -0.25) is 14.6 Å². The summed E-state index contributed by atoms with van der Waals surface area (Å²) in [5.41, 5.74) is 4.09. The molecule has 0 spiro atoms. The molecule has 0 bridgehead atoms. The summed E-state index contributed by atoms with van der Waals surface area (Å²) in [6, 6.07) is 15.2. The minimum atomic E-state index is -0.230. The molecule has 6 heteroatoms. The zero-order valence-corrected chi connectivity index (χ0v) is 18.0. The number of aromatic nitrogens is 1. The summed E-state index contributed by atoms with van der Waals surface area (Å²) in [5.74, 6) is 0.0420. The first-order valence-electron chi connectivity index (χ1n) is 9.63. The zero-order chi connectivity index (χ0) is 20.5. The van der Waals surface area contributed by atoms with Crippen molar-refractivity contribution in [1.29, 1.82) is 0 Å². The molecule has 0 aliphatic heterocycles. The number of carbonyl (C=O) groups is 2. The molecule has 1 fully saturated rings. The summed E-state index contributed by atoms with van der Waals surface area (Å²) < 4.78 is 0.955. The Morgan fingerprint density at radius 2 is 1.93 bits per heavy atom. The molecule has 2 aromatic carbocycles. The molecule has 3 aromatic rings. The predicted molar refractivity (Wildman–Crippen MR) is 118 cm³/mol. The molecule has 1 N–H and O–H groups in total. The Morgan fingerprint density at radius 1 is 1.17 bits per heavy atom. The van der Waals surface area contributed by atoms with Crippen LogP contribution in [0.4, 0.5) is 5.69 Å². The number of hydrogen-bond acceptors (Lipinski definition) is 3. The van der Waals surface area contributed by atoms with Crippen molar-refractivity contribution >= 4 is 44.3 Å². The standard InChI is InChI=1S/C23H22BrN3O2/c1-14-11-16(24)9-10-19(14)26-22(28)13-27(2)23(29)18-12-21(15-7-8-15)25-20-6-4-3-5-17(18)20/h3-6,9-12,15H,7-8,13H2,1-2H3,(H,26,28). The van der Waals surface area contributed by atoms with Gasteiger partial charge >= 0.3 is 0 Å².